The van der Waals surface area contributed by atoms with E-state index in [4.69, 9.17) is 49.3 Å². The first-order valence-corrected chi connectivity index (χ1v) is 51.8. The van der Waals surface area contributed by atoms with Crippen LogP contribution < -0.4 is 0 Å². The highest BCUT2D eigenvalue weighted by atomic mass is 32.1. The van der Waals surface area contributed by atoms with Crippen LogP contribution in [0.1, 0.15) is 0 Å². The molecule has 12 heterocycles. The molecule has 0 radical (unpaired) electrons. The molecule has 0 atom stereocenters. The molecule has 0 N–H and O–H groups in total. The fraction of sp³-hybridized carbons (Fsp3) is 0. The van der Waals surface area contributed by atoms with Gasteiger partial charge in [0.15, 0.2) is 0 Å². The second kappa shape index (κ2) is 32.5. The third-order valence-electron chi connectivity index (χ3n) is 30.6. The van der Waals surface area contributed by atoms with Crippen molar-refractivity contribution in [2.24, 2.45) is 0 Å². The van der Waals surface area contributed by atoms with Crippen LogP contribution >= 0.6 is 22.7 Å². The van der Waals surface area contributed by atoms with Gasteiger partial charge in [-0.05, 0) is 156 Å². The molecular weight excluding hydrogens is 1860 g/mol. The van der Waals surface area contributed by atoms with E-state index in [2.05, 4.69) is 385 Å². The van der Waals surface area contributed by atoms with Gasteiger partial charge in [-0.2, -0.15) is 0 Å². The minimum atomic E-state index is 0.590. The quantitative estimate of drug-likeness (QED) is 0.142. The maximum Gasteiger partial charge on any atom is 0.237 e. The Morgan fingerprint density at radius 2 is 0.597 bits per heavy atom. The molecule has 0 aliphatic heterocycles. The summed E-state index contributed by atoms with van der Waals surface area (Å²) < 4.78 is 15.9. The number of furan rings is 1. The summed E-state index contributed by atoms with van der Waals surface area (Å²) in [7, 11) is 0. The van der Waals surface area contributed by atoms with E-state index < -0.39 is 0 Å². The fourth-order valence-electron chi connectivity index (χ4n) is 24.2. The molecule has 12 nitrogen and oxygen atoms in total. The van der Waals surface area contributed by atoms with Gasteiger partial charge in [-0.15, -0.1) is 22.7 Å². The molecule has 0 spiro atoms. The number of nitrogens with zero attached hydrogens (tertiary/aromatic N) is 11. The third kappa shape index (κ3) is 12.5. The van der Waals surface area contributed by atoms with Gasteiger partial charge in [-0.3, -0.25) is 14.1 Å². The first-order chi connectivity index (χ1) is 73.9. The Hall–Kier alpha value is -19.5. The van der Waals surface area contributed by atoms with Crippen molar-refractivity contribution >= 4 is 280 Å². The van der Waals surface area contributed by atoms with Gasteiger partial charge in [0.05, 0.1) is 83.5 Å². The summed E-state index contributed by atoms with van der Waals surface area (Å²) in [4.78, 5) is 47.6. The van der Waals surface area contributed by atoms with Crippen LogP contribution in [-0.2, 0) is 0 Å². The highest BCUT2D eigenvalue weighted by Gasteiger charge is 2.29. The highest BCUT2D eigenvalue weighted by molar-refractivity contribution is 7.27. The van der Waals surface area contributed by atoms with Crippen LogP contribution in [0.4, 0.5) is 0 Å². The number of thiophene rings is 2. The zero-order chi connectivity index (χ0) is 97.3. The number of rotatable bonds is 7. The molecule has 0 bridgehead atoms. The van der Waals surface area contributed by atoms with Crippen LogP contribution in [-0.4, -0.2) is 54.0 Å². The number of fused-ring (bicyclic) bond motifs is 38. The van der Waals surface area contributed by atoms with Crippen LogP contribution in [0.3, 0.4) is 0 Å². The Morgan fingerprint density at radius 1 is 0.195 bits per heavy atom. The highest BCUT2D eigenvalue weighted by Crippen LogP contribution is 2.53. The Kier molecular flexibility index (Phi) is 18.1. The molecule has 22 aromatic carbocycles. The van der Waals surface area contributed by atoms with Crippen LogP contribution in [0.25, 0.3) is 326 Å². The first-order valence-electron chi connectivity index (χ1n) is 50.2. The molecule has 0 aliphatic rings. The fourth-order valence-corrected chi connectivity index (χ4v) is 26.6. The number of hydrogen-bond acceptors (Lipinski definition) is 12. The predicted octanol–water partition coefficient (Wildman–Crippen LogP) is 36.4. The molecule has 688 valence electrons. The molecular formula is C135H75N11OS2. The summed E-state index contributed by atoms with van der Waals surface area (Å²) in [6.45, 7) is 0. The maximum absolute atomic E-state index is 6.52. The SMILES string of the molecule is c1cc2ccc3cc(-c4nc5c(c6ccccc46)c4ccccc4c4oc6ccccc6c54)cc4ccc(c1)c2c34.c1ccc(-c2nc(-n3c4cc(-c5nc6c(c7ccccc57)c5ccccc5c5sc7ccccc7c65)ccc4c4ncccc43)nc3ccccc23)cc1.c1ccc(-c2nc(-n3c4ccc(-c5nc6c(c7ccccc57)c5ccccc5c5sc7ccccc7c65)cc4c4cccnc43)nc3ccccc23)cc1. The van der Waals surface area contributed by atoms with Crippen LogP contribution in [0.15, 0.2) is 460 Å². The minimum absolute atomic E-state index is 0.590. The van der Waals surface area contributed by atoms with Crippen molar-refractivity contribution < 1.29 is 4.42 Å². The topological polar surface area (TPSA) is 139 Å². The van der Waals surface area contributed by atoms with Crippen molar-refractivity contribution in [1.82, 2.24) is 54.0 Å². The van der Waals surface area contributed by atoms with Crippen molar-refractivity contribution in [3.05, 3.63) is 455 Å². The molecule has 149 heavy (non-hydrogen) atoms. The smallest absolute Gasteiger partial charge is 0.237 e. The molecule has 14 heteroatoms. The molecule has 34 rings (SSSR count). The lowest BCUT2D eigenvalue weighted by atomic mass is 9.90. The average Bonchev–Trinajstić information content (AvgIpc) is 1.59. The summed E-state index contributed by atoms with van der Waals surface area (Å²) in [6, 6.07) is 157. The Labute approximate surface area is 855 Å². The molecule has 0 saturated carbocycles. The summed E-state index contributed by atoms with van der Waals surface area (Å²) in [5.41, 5.74) is 21.2. The lowest BCUT2D eigenvalue weighted by Crippen LogP contribution is -2.04. The monoisotopic (exact) mass is 1930 g/mol. The molecule has 34 aromatic rings. The minimum Gasteiger partial charge on any atom is -0.455 e. The average molecular weight is 1930 g/mol. The number of benzene rings is 22. The van der Waals surface area contributed by atoms with E-state index in [1.165, 1.54) is 132 Å². The largest absolute Gasteiger partial charge is 0.455 e. The Morgan fingerprint density at radius 3 is 1.15 bits per heavy atom. The van der Waals surface area contributed by atoms with E-state index in [1.807, 2.05) is 102 Å². The van der Waals surface area contributed by atoms with Gasteiger partial charge in [-0.1, -0.05) is 352 Å². The van der Waals surface area contributed by atoms with Crippen LogP contribution in [0.2, 0.25) is 0 Å². The summed E-state index contributed by atoms with van der Waals surface area (Å²) in [5.74, 6) is 1.19. The first kappa shape index (κ1) is 83.0. The van der Waals surface area contributed by atoms with Gasteiger partial charge >= 0.3 is 0 Å². The molecule has 0 fully saturated rings. The van der Waals surface area contributed by atoms with Gasteiger partial charge in [0, 0.05) is 161 Å². The molecule has 12 aromatic heterocycles. The summed E-state index contributed by atoms with van der Waals surface area (Å²) in [5, 5.41) is 37.8. The van der Waals surface area contributed by atoms with Gasteiger partial charge in [0.25, 0.3) is 0 Å². The van der Waals surface area contributed by atoms with Crippen molar-refractivity contribution in [2.75, 3.05) is 0 Å². The second-order valence-electron chi connectivity index (χ2n) is 38.6. The van der Waals surface area contributed by atoms with Gasteiger partial charge in [-0.25, -0.2) is 39.9 Å². The standard InChI is InChI=1S/2C48H27N5S.C39H21NO/c1-2-13-28(14-3-1)43-35-19-8-10-22-38(35)50-48(52-43)53-39-25-24-29(27-37(39)34-21-12-26-49-47(34)53)44-32-17-6-4-15-30(32)41-31-16-5-7-18-33(31)46-42(45(41)51-44)36-20-9-11-23-40(36)54-46;1-2-13-28(14-3-1)43-34-19-8-10-21-37(34)50-48(52-43)53-38-22-12-26-49-45(38)35-25-24-29(27-39(35)53)44-32-17-6-4-15-30(32)41-31-16-5-7-18-33(31)47-42(46(41)51-44)36-20-9-11-23-40(36)54-47;1-3-12-29-27(10-1)35-28-11-2-4-13-30(28)39-36(31-14-5-6-15-32(31)41-39)38(35)40-37(29)26-20-24-18-16-22-8-7-9-23-17-19-25(21-26)34(24)33(22)23/h2*1-27H;1-21H. The lowest BCUT2D eigenvalue weighted by Gasteiger charge is -2.15. The second-order valence-corrected chi connectivity index (χ2v) is 40.7. The van der Waals surface area contributed by atoms with Crippen molar-refractivity contribution in [2.45, 2.75) is 0 Å². The van der Waals surface area contributed by atoms with E-state index in [-0.39, 0.29) is 0 Å². The summed E-state index contributed by atoms with van der Waals surface area (Å²) in [6.07, 6.45) is 3.70. The normalized spacial score (nSPS) is 12.2. The summed E-state index contributed by atoms with van der Waals surface area (Å²) >= 11 is 3.71. The Balaban J connectivity index is 0.0000000999. The van der Waals surface area contributed by atoms with E-state index in [9.17, 15) is 0 Å². The third-order valence-corrected chi connectivity index (χ3v) is 33.0. The van der Waals surface area contributed by atoms with E-state index in [0.717, 1.165) is 182 Å². The van der Waals surface area contributed by atoms with E-state index >= 15 is 0 Å². The zero-order valence-electron chi connectivity index (χ0n) is 79.4. The molecule has 0 saturated heterocycles. The number of para-hydroxylation sites is 3. The van der Waals surface area contributed by atoms with E-state index in [1.54, 1.807) is 0 Å². The van der Waals surface area contributed by atoms with Crippen molar-refractivity contribution in [3.63, 3.8) is 0 Å². The van der Waals surface area contributed by atoms with Crippen molar-refractivity contribution in [1.29, 1.82) is 0 Å². The number of aromatic nitrogens is 11. The van der Waals surface area contributed by atoms with Gasteiger partial charge in [0.2, 0.25) is 11.9 Å². The van der Waals surface area contributed by atoms with Gasteiger partial charge < -0.3 is 4.42 Å². The van der Waals surface area contributed by atoms with Crippen LogP contribution in [0, 0.1) is 0 Å². The molecule has 0 amide bonds. The Bertz CT molecular complexity index is 11700. The van der Waals surface area contributed by atoms with Crippen molar-refractivity contribution in [3.8, 4) is 68.2 Å². The number of pyridine rings is 5. The van der Waals surface area contributed by atoms with Crippen LogP contribution in [0.5, 0.6) is 0 Å². The van der Waals surface area contributed by atoms with Gasteiger partial charge in [0.1, 0.15) is 16.8 Å². The zero-order valence-corrected chi connectivity index (χ0v) is 81.1. The molecule has 0 aliphatic carbocycles. The maximum atomic E-state index is 6.52. The predicted molar refractivity (Wildman–Crippen MR) is 625 cm³/mol. The molecule has 0 unspecified atom stereocenters. The van der Waals surface area contributed by atoms with E-state index in [0.29, 0.717) is 11.9 Å². The lowest BCUT2D eigenvalue weighted by molar-refractivity contribution is 0.673. The number of hydrogen-bond donors (Lipinski definition) is 0.